The van der Waals surface area contributed by atoms with Crippen LogP contribution in [0.4, 0.5) is 10.5 Å². The van der Waals surface area contributed by atoms with E-state index in [1.165, 1.54) is 5.56 Å². The minimum absolute atomic E-state index is 0.213. The van der Waals surface area contributed by atoms with Crippen molar-refractivity contribution in [3.8, 4) is 0 Å². The van der Waals surface area contributed by atoms with Crippen molar-refractivity contribution in [1.29, 1.82) is 0 Å². The Hall–Kier alpha value is -2.08. The van der Waals surface area contributed by atoms with E-state index in [1.54, 1.807) is 9.80 Å². The Labute approximate surface area is 142 Å². The van der Waals surface area contributed by atoms with Gasteiger partial charge in [-0.1, -0.05) is 6.07 Å². The lowest BCUT2D eigenvalue weighted by Crippen LogP contribution is -2.36. The van der Waals surface area contributed by atoms with Gasteiger partial charge in [-0.15, -0.1) is 0 Å². The summed E-state index contributed by atoms with van der Waals surface area (Å²) in [7, 11) is 1.86. The molecule has 2 aliphatic heterocycles. The van der Waals surface area contributed by atoms with Gasteiger partial charge in [-0.05, 0) is 43.0 Å². The fourth-order valence-corrected chi connectivity index (χ4v) is 3.66. The van der Waals surface area contributed by atoms with Gasteiger partial charge in [0.15, 0.2) is 0 Å². The molecule has 2 amide bonds. The highest BCUT2D eigenvalue weighted by molar-refractivity contribution is 5.91. The van der Waals surface area contributed by atoms with Crippen LogP contribution in [0, 0.1) is 13.8 Å². The molecule has 2 heterocycles. The summed E-state index contributed by atoms with van der Waals surface area (Å²) in [5.41, 5.74) is 9.95. The van der Waals surface area contributed by atoms with E-state index in [1.807, 2.05) is 14.0 Å². The average molecular weight is 331 g/mol. The zero-order valence-corrected chi connectivity index (χ0v) is 14.5. The smallest absolute Gasteiger partial charge is 0.414 e. The number of carbonyl (C=O) groups excluding carboxylic acids is 2. The molecule has 1 aromatic carbocycles. The van der Waals surface area contributed by atoms with Gasteiger partial charge in [-0.25, -0.2) is 4.79 Å². The molecule has 0 aromatic heterocycles. The molecule has 0 aliphatic carbocycles. The number of anilines is 1. The van der Waals surface area contributed by atoms with Crippen LogP contribution in [0.1, 0.15) is 35.4 Å². The van der Waals surface area contributed by atoms with Crippen LogP contribution >= 0.6 is 0 Å². The number of likely N-dealkylation sites (tertiary alicyclic amines) is 1. The second-order valence-electron chi connectivity index (χ2n) is 6.86. The van der Waals surface area contributed by atoms with Gasteiger partial charge in [-0.2, -0.15) is 0 Å². The maximum absolute atomic E-state index is 12.1. The Morgan fingerprint density at radius 3 is 2.58 bits per heavy atom. The first-order valence-corrected chi connectivity index (χ1v) is 8.44. The van der Waals surface area contributed by atoms with Gasteiger partial charge in [0.1, 0.15) is 6.10 Å². The molecular formula is C18H25N3O3. The Kier molecular flexibility index (Phi) is 4.49. The summed E-state index contributed by atoms with van der Waals surface area (Å²) in [6, 6.07) is 4.21. The highest BCUT2D eigenvalue weighted by Gasteiger charge is 2.33. The van der Waals surface area contributed by atoms with Crippen LogP contribution in [-0.2, 0) is 9.53 Å². The van der Waals surface area contributed by atoms with Crippen LogP contribution in [0.2, 0.25) is 0 Å². The van der Waals surface area contributed by atoms with Gasteiger partial charge in [-0.3, -0.25) is 9.69 Å². The minimum Gasteiger partial charge on any atom is -0.443 e. The predicted molar refractivity (Wildman–Crippen MR) is 92.2 cm³/mol. The maximum Gasteiger partial charge on any atom is 0.414 e. The molecule has 1 aromatic rings. The van der Waals surface area contributed by atoms with Crippen LogP contribution < -0.4 is 10.6 Å². The fourth-order valence-electron chi connectivity index (χ4n) is 3.66. The van der Waals surface area contributed by atoms with Crippen molar-refractivity contribution in [2.24, 2.45) is 5.73 Å². The number of amides is 2. The Bertz CT molecular complexity index is 674. The van der Waals surface area contributed by atoms with Crippen LogP contribution in [0.5, 0.6) is 0 Å². The largest absolute Gasteiger partial charge is 0.443 e. The molecule has 2 saturated heterocycles. The number of piperidine rings is 1. The molecule has 2 aliphatic rings. The first-order valence-electron chi connectivity index (χ1n) is 8.44. The lowest BCUT2D eigenvalue weighted by molar-refractivity contribution is -0.132. The molecule has 6 heteroatoms. The standard InChI is InChI=1S/C18H25N3O3/c1-11-7-16(21-10-14(8-19)24-18(21)23)12(2)6-15(11)13-4-5-17(22)20(3)9-13/h6-7,13-14H,4-5,8-10,19H2,1-3H3. The van der Waals surface area contributed by atoms with E-state index >= 15 is 0 Å². The topological polar surface area (TPSA) is 75.9 Å². The summed E-state index contributed by atoms with van der Waals surface area (Å²) in [5, 5.41) is 0. The molecular weight excluding hydrogens is 306 g/mol. The van der Waals surface area contributed by atoms with Crippen LogP contribution in [0.15, 0.2) is 12.1 Å². The van der Waals surface area contributed by atoms with Crippen LogP contribution in [-0.4, -0.2) is 49.7 Å². The van der Waals surface area contributed by atoms with Crippen molar-refractivity contribution in [3.63, 3.8) is 0 Å². The van der Waals surface area contributed by atoms with Crippen molar-refractivity contribution in [3.05, 3.63) is 28.8 Å². The third-order valence-electron chi connectivity index (χ3n) is 5.08. The molecule has 3 rings (SSSR count). The third-order valence-corrected chi connectivity index (χ3v) is 5.08. The summed E-state index contributed by atoms with van der Waals surface area (Å²) in [6.07, 6.45) is 0.903. The highest BCUT2D eigenvalue weighted by atomic mass is 16.6. The molecule has 2 unspecified atom stereocenters. The number of likely N-dealkylation sites (N-methyl/N-ethyl adjacent to an activating group) is 1. The molecule has 24 heavy (non-hydrogen) atoms. The number of aryl methyl sites for hydroxylation is 2. The normalized spacial score (nSPS) is 24.5. The van der Waals surface area contributed by atoms with Crippen molar-refractivity contribution in [2.45, 2.75) is 38.7 Å². The number of cyclic esters (lactones) is 1. The predicted octanol–water partition coefficient (Wildman–Crippen LogP) is 1.92. The fraction of sp³-hybridized carbons (Fsp3) is 0.556. The first-order chi connectivity index (χ1) is 11.4. The van der Waals surface area contributed by atoms with Crippen molar-refractivity contribution < 1.29 is 14.3 Å². The minimum atomic E-state index is -0.330. The quantitative estimate of drug-likeness (QED) is 0.918. The number of hydrogen-bond donors (Lipinski definition) is 1. The van der Waals surface area contributed by atoms with Gasteiger partial charge >= 0.3 is 6.09 Å². The monoisotopic (exact) mass is 331 g/mol. The average Bonchev–Trinajstić information content (AvgIpc) is 2.93. The number of nitrogens with two attached hydrogens (primary N) is 1. The molecule has 130 valence electrons. The van der Waals surface area contributed by atoms with Gasteiger partial charge in [0, 0.05) is 32.5 Å². The van der Waals surface area contributed by atoms with Crippen molar-refractivity contribution in [2.75, 3.05) is 31.6 Å². The number of nitrogens with zero attached hydrogens (tertiary/aromatic N) is 2. The van der Waals surface area contributed by atoms with E-state index in [2.05, 4.69) is 19.1 Å². The second-order valence-corrected chi connectivity index (χ2v) is 6.86. The molecule has 2 N–H and O–H groups in total. The van der Waals surface area contributed by atoms with Crippen molar-refractivity contribution in [1.82, 2.24) is 4.90 Å². The molecule has 0 saturated carbocycles. The van der Waals surface area contributed by atoms with Gasteiger partial charge in [0.05, 0.1) is 12.2 Å². The van der Waals surface area contributed by atoms with Crippen molar-refractivity contribution >= 4 is 17.7 Å². The third kappa shape index (κ3) is 2.98. The first kappa shape index (κ1) is 16.8. The Morgan fingerprint density at radius 2 is 1.96 bits per heavy atom. The maximum atomic E-state index is 12.1. The van der Waals surface area contributed by atoms with Gasteiger partial charge < -0.3 is 15.4 Å². The second kappa shape index (κ2) is 6.43. The van der Waals surface area contributed by atoms with Crippen LogP contribution in [0.3, 0.4) is 0 Å². The molecule has 6 nitrogen and oxygen atoms in total. The number of carbonyl (C=O) groups is 2. The number of benzene rings is 1. The van der Waals surface area contributed by atoms with E-state index in [-0.39, 0.29) is 18.1 Å². The summed E-state index contributed by atoms with van der Waals surface area (Å²) in [4.78, 5) is 27.3. The van der Waals surface area contributed by atoms with E-state index in [4.69, 9.17) is 10.5 Å². The number of hydrogen-bond acceptors (Lipinski definition) is 4. The van der Waals surface area contributed by atoms with E-state index in [0.717, 1.165) is 29.8 Å². The molecule has 0 bridgehead atoms. The molecule has 0 spiro atoms. The molecule has 2 fully saturated rings. The zero-order chi connectivity index (χ0) is 17.4. The summed E-state index contributed by atoms with van der Waals surface area (Å²) < 4.78 is 5.26. The Balaban J connectivity index is 1.87. The number of ether oxygens (including phenoxy) is 1. The number of rotatable bonds is 3. The molecule has 0 radical (unpaired) electrons. The lowest BCUT2D eigenvalue weighted by atomic mass is 9.86. The van der Waals surface area contributed by atoms with E-state index < -0.39 is 0 Å². The summed E-state index contributed by atoms with van der Waals surface area (Å²) >= 11 is 0. The van der Waals surface area contributed by atoms with Crippen LogP contribution in [0.25, 0.3) is 0 Å². The lowest BCUT2D eigenvalue weighted by Gasteiger charge is -2.31. The van der Waals surface area contributed by atoms with E-state index in [0.29, 0.717) is 25.4 Å². The van der Waals surface area contributed by atoms with Gasteiger partial charge in [0.2, 0.25) is 5.91 Å². The summed E-state index contributed by atoms with van der Waals surface area (Å²) in [6.45, 7) is 5.66. The van der Waals surface area contributed by atoms with Gasteiger partial charge in [0.25, 0.3) is 0 Å². The molecule has 2 atom stereocenters. The highest BCUT2D eigenvalue weighted by Crippen LogP contribution is 2.34. The zero-order valence-electron chi connectivity index (χ0n) is 14.5. The van der Waals surface area contributed by atoms with E-state index in [9.17, 15) is 9.59 Å². The Morgan fingerprint density at radius 1 is 1.21 bits per heavy atom. The SMILES string of the molecule is Cc1cc(N2CC(CN)OC2=O)c(C)cc1C1CCC(=O)N(C)C1. The summed E-state index contributed by atoms with van der Waals surface area (Å²) in [5.74, 6) is 0.563.